The molecule has 0 bridgehead atoms. The van der Waals surface area contributed by atoms with Crippen LogP contribution in [-0.2, 0) is 0 Å². The first-order valence-electron chi connectivity index (χ1n) is 3.57. The minimum atomic E-state index is -0.223. The van der Waals surface area contributed by atoms with E-state index < -0.39 is 0 Å². The summed E-state index contributed by atoms with van der Waals surface area (Å²) in [5, 5.41) is 2.22. The third-order valence-corrected chi connectivity index (χ3v) is 3.38. The summed E-state index contributed by atoms with van der Waals surface area (Å²) in [4.78, 5) is 15.7. The van der Waals surface area contributed by atoms with Gasteiger partial charge in [0.15, 0.2) is 5.01 Å². The summed E-state index contributed by atoms with van der Waals surface area (Å²) < 4.78 is 5.47. The molecule has 14 heavy (non-hydrogen) atoms. The van der Waals surface area contributed by atoms with Crippen LogP contribution in [0.1, 0.15) is 15.4 Å². The molecule has 72 valence electrons. The normalized spacial score (nSPS) is 10.4. The van der Waals surface area contributed by atoms with Crippen LogP contribution >= 0.6 is 38.9 Å². The predicted molar refractivity (Wildman–Crippen MR) is 57.0 cm³/mol. The van der Waals surface area contributed by atoms with Crippen LogP contribution in [0, 0.1) is 0 Å². The first kappa shape index (κ1) is 9.89. The van der Waals surface area contributed by atoms with Gasteiger partial charge in [-0.15, -0.1) is 11.3 Å². The molecule has 2 aromatic rings. The van der Waals surface area contributed by atoms with Crippen molar-refractivity contribution in [1.82, 2.24) is 4.98 Å². The molecule has 0 fully saturated rings. The summed E-state index contributed by atoms with van der Waals surface area (Å²) in [5.74, 6) is -0.223. The molecule has 0 saturated heterocycles. The molecule has 2 aromatic heterocycles. The fourth-order valence-corrected chi connectivity index (χ4v) is 2.33. The lowest BCUT2D eigenvalue weighted by atomic mass is 10.2. The number of halogens is 2. The molecule has 0 N–H and O–H groups in total. The summed E-state index contributed by atoms with van der Waals surface area (Å²) in [5.41, 5.74) is 0.341. The second-order valence-corrected chi connectivity index (χ2v) is 4.43. The molecule has 3 nitrogen and oxygen atoms in total. The van der Waals surface area contributed by atoms with Crippen molar-refractivity contribution in [2.24, 2.45) is 0 Å². The predicted octanol–water partition coefficient (Wildman–Crippen LogP) is 3.38. The molecule has 0 radical (unpaired) electrons. The summed E-state index contributed by atoms with van der Waals surface area (Å²) in [6.45, 7) is 0. The number of ketones is 1. The van der Waals surface area contributed by atoms with Crippen molar-refractivity contribution < 1.29 is 9.21 Å². The molecular formula is C8H3BrClNO2S. The molecule has 0 spiro atoms. The number of thiazole rings is 1. The molecule has 0 aliphatic heterocycles. The Labute approximate surface area is 96.8 Å². The Hall–Kier alpha value is -0.650. The number of nitrogens with zero attached hydrogens (tertiary/aromatic N) is 1. The van der Waals surface area contributed by atoms with Gasteiger partial charge in [-0.05, 0) is 33.6 Å². The number of carbonyl (C=O) groups excluding carboxylic acids is 1. The zero-order chi connectivity index (χ0) is 10.1. The monoisotopic (exact) mass is 291 g/mol. The van der Waals surface area contributed by atoms with Crippen molar-refractivity contribution in [2.45, 2.75) is 0 Å². The van der Waals surface area contributed by atoms with E-state index in [-0.39, 0.29) is 11.0 Å². The van der Waals surface area contributed by atoms with Crippen LogP contribution in [0.4, 0.5) is 0 Å². The topological polar surface area (TPSA) is 43.1 Å². The van der Waals surface area contributed by atoms with Gasteiger partial charge < -0.3 is 4.42 Å². The maximum absolute atomic E-state index is 11.7. The molecule has 6 heteroatoms. The largest absolute Gasteiger partial charge is 0.452 e. The molecule has 2 heterocycles. The van der Waals surface area contributed by atoms with E-state index in [2.05, 4.69) is 20.9 Å². The lowest BCUT2D eigenvalue weighted by molar-refractivity contribution is 0.103. The Balaban J connectivity index is 2.38. The fraction of sp³-hybridized carbons (Fsp3) is 0. The van der Waals surface area contributed by atoms with Crippen molar-refractivity contribution >= 4 is 44.7 Å². The van der Waals surface area contributed by atoms with Gasteiger partial charge in [-0.25, -0.2) is 4.98 Å². The second-order valence-electron chi connectivity index (χ2n) is 2.41. The minimum Gasteiger partial charge on any atom is -0.452 e. The zero-order valence-electron chi connectivity index (χ0n) is 6.66. The highest BCUT2D eigenvalue weighted by Crippen LogP contribution is 2.23. The SMILES string of the molecule is O=C(c1nc(Br)cs1)c1ccoc1Cl. The van der Waals surface area contributed by atoms with Crippen LogP contribution in [0.3, 0.4) is 0 Å². The van der Waals surface area contributed by atoms with Gasteiger partial charge in [0.2, 0.25) is 11.0 Å². The van der Waals surface area contributed by atoms with Gasteiger partial charge in [-0.2, -0.15) is 0 Å². The van der Waals surface area contributed by atoms with Gasteiger partial charge in [-0.3, -0.25) is 4.79 Å². The average molecular weight is 293 g/mol. The Morgan fingerprint density at radius 1 is 1.64 bits per heavy atom. The maximum atomic E-state index is 11.7. The Morgan fingerprint density at radius 2 is 2.43 bits per heavy atom. The van der Waals surface area contributed by atoms with Gasteiger partial charge >= 0.3 is 0 Å². The van der Waals surface area contributed by atoms with E-state index >= 15 is 0 Å². The summed E-state index contributed by atoms with van der Waals surface area (Å²) in [6, 6.07) is 1.53. The van der Waals surface area contributed by atoms with Gasteiger partial charge in [0.25, 0.3) is 0 Å². The van der Waals surface area contributed by atoms with Crippen molar-refractivity contribution in [3.05, 3.63) is 38.1 Å². The summed E-state index contributed by atoms with van der Waals surface area (Å²) >= 11 is 10.1. The lowest BCUT2D eigenvalue weighted by Crippen LogP contribution is -1.99. The van der Waals surface area contributed by atoms with E-state index in [1.54, 1.807) is 5.38 Å². The third-order valence-electron chi connectivity index (χ3n) is 1.53. The van der Waals surface area contributed by atoms with Gasteiger partial charge in [0.1, 0.15) is 4.60 Å². The quantitative estimate of drug-likeness (QED) is 0.797. The smallest absolute Gasteiger partial charge is 0.226 e. The van der Waals surface area contributed by atoms with E-state index in [0.29, 0.717) is 15.2 Å². The van der Waals surface area contributed by atoms with Crippen LogP contribution in [-0.4, -0.2) is 10.8 Å². The van der Waals surface area contributed by atoms with Gasteiger partial charge in [-0.1, -0.05) is 0 Å². The molecule has 0 aliphatic rings. The number of furan rings is 1. The highest BCUT2D eigenvalue weighted by atomic mass is 79.9. The van der Waals surface area contributed by atoms with Crippen LogP contribution < -0.4 is 0 Å². The first-order chi connectivity index (χ1) is 6.68. The van der Waals surface area contributed by atoms with Crippen LogP contribution in [0.25, 0.3) is 0 Å². The van der Waals surface area contributed by atoms with Crippen molar-refractivity contribution in [1.29, 1.82) is 0 Å². The highest BCUT2D eigenvalue weighted by Gasteiger charge is 2.17. The summed E-state index contributed by atoms with van der Waals surface area (Å²) in [6.07, 6.45) is 1.37. The molecule has 0 aliphatic carbocycles. The van der Waals surface area contributed by atoms with Crippen LogP contribution in [0.15, 0.2) is 26.7 Å². The molecule has 0 atom stereocenters. The number of hydrogen-bond acceptors (Lipinski definition) is 4. The molecule has 0 amide bonds. The first-order valence-corrected chi connectivity index (χ1v) is 5.62. The molecule has 0 aromatic carbocycles. The fourth-order valence-electron chi connectivity index (χ4n) is 0.929. The highest BCUT2D eigenvalue weighted by molar-refractivity contribution is 9.10. The third kappa shape index (κ3) is 1.75. The van der Waals surface area contributed by atoms with Crippen molar-refractivity contribution in [3.63, 3.8) is 0 Å². The van der Waals surface area contributed by atoms with E-state index in [9.17, 15) is 4.79 Å². The van der Waals surface area contributed by atoms with Crippen molar-refractivity contribution in [2.75, 3.05) is 0 Å². The van der Waals surface area contributed by atoms with E-state index in [1.165, 1.54) is 23.7 Å². The average Bonchev–Trinajstić information content (AvgIpc) is 2.73. The Bertz CT molecular complexity index is 479. The maximum Gasteiger partial charge on any atom is 0.226 e. The standard InChI is InChI=1S/C8H3BrClNO2S/c9-5-3-14-8(11-5)6(12)4-1-2-13-7(4)10/h1-3H. The van der Waals surface area contributed by atoms with Gasteiger partial charge in [0, 0.05) is 5.38 Å². The minimum absolute atomic E-state index is 0.0984. The second kappa shape index (κ2) is 3.84. The number of aromatic nitrogens is 1. The number of rotatable bonds is 2. The Kier molecular flexibility index (Phi) is 2.71. The summed E-state index contributed by atoms with van der Waals surface area (Å²) in [7, 11) is 0. The molecule has 0 saturated carbocycles. The van der Waals surface area contributed by atoms with Crippen molar-refractivity contribution in [3.8, 4) is 0 Å². The number of carbonyl (C=O) groups is 1. The van der Waals surface area contributed by atoms with Gasteiger partial charge in [0.05, 0.1) is 11.8 Å². The Morgan fingerprint density at radius 3 is 2.93 bits per heavy atom. The van der Waals surface area contributed by atoms with E-state index in [1.807, 2.05) is 0 Å². The zero-order valence-corrected chi connectivity index (χ0v) is 9.82. The van der Waals surface area contributed by atoms with E-state index in [0.717, 1.165) is 0 Å². The lowest BCUT2D eigenvalue weighted by Gasteiger charge is -1.91. The molecular weight excluding hydrogens is 290 g/mol. The van der Waals surface area contributed by atoms with E-state index in [4.69, 9.17) is 16.0 Å². The van der Waals surface area contributed by atoms with Crippen LogP contribution in [0.2, 0.25) is 5.22 Å². The van der Waals surface area contributed by atoms with Crippen LogP contribution in [0.5, 0.6) is 0 Å². The molecule has 2 rings (SSSR count). The number of hydrogen-bond donors (Lipinski definition) is 0. The molecule has 0 unspecified atom stereocenters.